The highest BCUT2D eigenvalue weighted by atomic mass is 16.3. The second kappa shape index (κ2) is 19.1. The van der Waals surface area contributed by atoms with Gasteiger partial charge in [-0.1, -0.05) is 145 Å². The van der Waals surface area contributed by atoms with Gasteiger partial charge in [0.05, 0.1) is 6.10 Å². The first-order valence-corrected chi connectivity index (χ1v) is 15.2. The van der Waals surface area contributed by atoms with Gasteiger partial charge in [-0.3, -0.25) is 0 Å². The lowest BCUT2D eigenvalue weighted by Crippen LogP contribution is -2.38. The number of hydrogen-bond donors (Lipinski definition) is 2. The largest absolute Gasteiger partial charge is 0.390 e. The van der Waals surface area contributed by atoms with E-state index in [2.05, 4.69) is 160 Å². The molecule has 228 valence electrons. The molecule has 1 aliphatic rings. The SMILES string of the molecule is CC(C)=CCCC(C)=CC=CC(C)=CC=CC(C)=CC=CC=C(C)C=CC=C(C)C=CC1=C(C)C(O)C(O)CC1(C)C. The van der Waals surface area contributed by atoms with Crippen LogP contribution in [0, 0.1) is 5.41 Å². The van der Waals surface area contributed by atoms with Crippen molar-refractivity contribution >= 4 is 0 Å². The molecule has 2 heteroatoms. The average molecular weight is 569 g/mol. The van der Waals surface area contributed by atoms with Crippen molar-refractivity contribution in [3.05, 3.63) is 142 Å². The molecule has 0 aromatic carbocycles. The van der Waals surface area contributed by atoms with Gasteiger partial charge in [0.15, 0.2) is 0 Å². The van der Waals surface area contributed by atoms with E-state index in [0.29, 0.717) is 6.42 Å². The van der Waals surface area contributed by atoms with Crippen molar-refractivity contribution in [2.75, 3.05) is 0 Å². The van der Waals surface area contributed by atoms with Crippen molar-refractivity contribution < 1.29 is 10.2 Å². The molecule has 0 bridgehead atoms. The van der Waals surface area contributed by atoms with Crippen LogP contribution in [0.5, 0.6) is 0 Å². The number of rotatable bonds is 13. The quantitative estimate of drug-likeness (QED) is 0.171. The molecule has 2 nitrogen and oxygen atoms in total. The highest BCUT2D eigenvalue weighted by Crippen LogP contribution is 2.41. The van der Waals surface area contributed by atoms with Gasteiger partial charge < -0.3 is 10.2 Å². The van der Waals surface area contributed by atoms with Crippen LogP contribution in [0.4, 0.5) is 0 Å². The third-order valence-electron chi connectivity index (χ3n) is 7.29. The Labute approximate surface area is 257 Å². The van der Waals surface area contributed by atoms with Crippen LogP contribution in [0.1, 0.15) is 88.5 Å². The molecule has 0 saturated carbocycles. The summed E-state index contributed by atoms with van der Waals surface area (Å²) in [5.41, 5.74) is 9.26. The molecular weight excluding hydrogens is 512 g/mol. The molecule has 42 heavy (non-hydrogen) atoms. The minimum atomic E-state index is -0.786. The zero-order chi connectivity index (χ0) is 31.7. The van der Waals surface area contributed by atoms with Crippen LogP contribution in [-0.2, 0) is 0 Å². The molecule has 0 heterocycles. The number of allylic oxidation sites excluding steroid dienone is 23. The van der Waals surface area contributed by atoms with E-state index in [1.807, 2.05) is 6.92 Å². The molecule has 0 saturated heterocycles. The summed E-state index contributed by atoms with van der Waals surface area (Å²) in [4.78, 5) is 0. The maximum atomic E-state index is 10.3. The molecule has 2 N–H and O–H groups in total. The first-order chi connectivity index (χ1) is 19.7. The lowest BCUT2D eigenvalue weighted by Gasteiger charge is -2.38. The predicted molar refractivity (Wildman–Crippen MR) is 186 cm³/mol. The zero-order valence-electron chi connectivity index (χ0n) is 27.9. The van der Waals surface area contributed by atoms with E-state index >= 15 is 0 Å². The minimum Gasteiger partial charge on any atom is -0.390 e. The van der Waals surface area contributed by atoms with Gasteiger partial charge in [0.1, 0.15) is 6.10 Å². The third kappa shape index (κ3) is 15.1. The summed E-state index contributed by atoms with van der Waals surface area (Å²) in [6, 6.07) is 0. The fourth-order valence-electron chi connectivity index (χ4n) is 4.67. The van der Waals surface area contributed by atoms with E-state index in [9.17, 15) is 10.2 Å². The van der Waals surface area contributed by atoms with Gasteiger partial charge in [-0.05, 0) is 91.2 Å². The number of aliphatic hydroxyl groups excluding tert-OH is 2. The van der Waals surface area contributed by atoms with Crippen molar-refractivity contribution in [3.63, 3.8) is 0 Å². The predicted octanol–water partition coefficient (Wildman–Crippen LogP) is 10.7. The highest BCUT2D eigenvalue weighted by Gasteiger charge is 2.36. The third-order valence-corrected chi connectivity index (χ3v) is 7.29. The minimum absolute atomic E-state index is 0.168. The van der Waals surface area contributed by atoms with E-state index in [0.717, 1.165) is 35.1 Å². The second-order valence-corrected chi connectivity index (χ2v) is 12.5. The normalized spacial score (nSPS) is 21.8. The van der Waals surface area contributed by atoms with Crippen molar-refractivity contribution in [1.82, 2.24) is 0 Å². The molecule has 0 amide bonds. The average Bonchev–Trinajstić information content (AvgIpc) is 2.89. The van der Waals surface area contributed by atoms with Gasteiger partial charge in [-0.2, -0.15) is 0 Å². The van der Waals surface area contributed by atoms with Crippen molar-refractivity contribution in [1.29, 1.82) is 0 Å². The summed E-state index contributed by atoms with van der Waals surface area (Å²) < 4.78 is 0. The van der Waals surface area contributed by atoms with E-state index in [4.69, 9.17) is 0 Å². The van der Waals surface area contributed by atoms with Crippen LogP contribution in [0.25, 0.3) is 0 Å². The second-order valence-electron chi connectivity index (χ2n) is 12.5. The molecule has 1 rings (SSSR count). The van der Waals surface area contributed by atoms with Crippen molar-refractivity contribution in [3.8, 4) is 0 Å². The molecule has 2 unspecified atom stereocenters. The van der Waals surface area contributed by atoms with Crippen LogP contribution in [0.3, 0.4) is 0 Å². The lowest BCUT2D eigenvalue weighted by molar-refractivity contribution is 0.00686. The maximum absolute atomic E-state index is 10.3. The maximum Gasteiger partial charge on any atom is 0.101 e. The summed E-state index contributed by atoms with van der Waals surface area (Å²) in [6.07, 6.45) is 35.1. The Bertz CT molecular complexity index is 1250. The Balaban J connectivity index is 2.64. The zero-order valence-corrected chi connectivity index (χ0v) is 27.9. The van der Waals surface area contributed by atoms with Crippen LogP contribution < -0.4 is 0 Å². The Hall–Kier alpha value is -3.20. The Kier molecular flexibility index (Phi) is 16.7. The number of aliphatic hydroxyl groups is 2. The summed E-state index contributed by atoms with van der Waals surface area (Å²) in [5, 5.41) is 20.4. The first-order valence-electron chi connectivity index (χ1n) is 15.2. The van der Waals surface area contributed by atoms with Crippen molar-refractivity contribution in [2.45, 2.75) is 101 Å². The van der Waals surface area contributed by atoms with Gasteiger partial charge in [-0.25, -0.2) is 0 Å². The molecule has 0 aliphatic heterocycles. The Morgan fingerprint density at radius 2 is 1.14 bits per heavy atom. The Morgan fingerprint density at radius 3 is 1.64 bits per heavy atom. The fourth-order valence-corrected chi connectivity index (χ4v) is 4.67. The molecule has 0 aromatic rings. The molecule has 1 aliphatic carbocycles. The lowest BCUT2D eigenvalue weighted by atomic mass is 9.70. The van der Waals surface area contributed by atoms with Crippen LogP contribution in [0.15, 0.2) is 142 Å². The monoisotopic (exact) mass is 568 g/mol. The van der Waals surface area contributed by atoms with Gasteiger partial charge >= 0.3 is 0 Å². The van der Waals surface area contributed by atoms with Crippen LogP contribution in [-0.4, -0.2) is 22.4 Å². The standard InChI is InChI=1S/C40H56O2/c1-30(2)17-13-20-33(5)23-15-25-34(6)24-14-21-31(3)18-11-12-19-32(4)22-16-26-35(7)27-28-37-36(8)39(42)38(41)29-40(37,9)10/h11-12,14-19,21-28,38-39,41-42H,13,20,29H2,1-10H3. The van der Waals surface area contributed by atoms with Gasteiger partial charge in [0.2, 0.25) is 0 Å². The van der Waals surface area contributed by atoms with E-state index < -0.39 is 12.2 Å². The topological polar surface area (TPSA) is 40.5 Å². The fraction of sp³-hybridized carbons (Fsp3) is 0.400. The molecule has 0 aromatic heterocycles. The van der Waals surface area contributed by atoms with Gasteiger partial charge in [0, 0.05) is 0 Å². The van der Waals surface area contributed by atoms with Gasteiger partial charge in [-0.15, -0.1) is 0 Å². The summed E-state index contributed by atoms with van der Waals surface area (Å²) in [6.45, 7) is 21.0. The molecular formula is C40H56O2. The van der Waals surface area contributed by atoms with Crippen LogP contribution >= 0.6 is 0 Å². The number of hydrogen-bond acceptors (Lipinski definition) is 2. The van der Waals surface area contributed by atoms with Crippen LogP contribution in [0.2, 0.25) is 0 Å². The van der Waals surface area contributed by atoms with E-state index in [-0.39, 0.29) is 5.41 Å². The summed E-state index contributed by atoms with van der Waals surface area (Å²) >= 11 is 0. The van der Waals surface area contributed by atoms with Crippen molar-refractivity contribution in [2.24, 2.45) is 5.41 Å². The molecule has 0 radical (unpaired) electrons. The molecule has 2 atom stereocenters. The Morgan fingerprint density at radius 1 is 0.690 bits per heavy atom. The highest BCUT2D eigenvalue weighted by molar-refractivity contribution is 5.39. The molecule has 0 spiro atoms. The smallest absolute Gasteiger partial charge is 0.101 e. The molecule has 0 fully saturated rings. The summed E-state index contributed by atoms with van der Waals surface area (Å²) in [7, 11) is 0. The van der Waals surface area contributed by atoms with E-state index in [1.165, 1.54) is 22.3 Å². The van der Waals surface area contributed by atoms with Gasteiger partial charge in [0.25, 0.3) is 0 Å². The summed E-state index contributed by atoms with van der Waals surface area (Å²) in [5.74, 6) is 0. The first kappa shape index (κ1) is 36.8. The van der Waals surface area contributed by atoms with E-state index in [1.54, 1.807) is 0 Å².